The van der Waals surface area contributed by atoms with Gasteiger partial charge in [0.1, 0.15) is 11.5 Å². The molecule has 6 nitrogen and oxygen atoms in total. The Bertz CT molecular complexity index is 684. The Balaban J connectivity index is 2.20. The van der Waals surface area contributed by atoms with Crippen LogP contribution in [0.1, 0.15) is 22.8 Å². The zero-order valence-corrected chi connectivity index (χ0v) is 12.7. The molecule has 1 aromatic heterocycles. The Morgan fingerprint density at radius 1 is 1.23 bits per heavy atom. The average Bonchev–Trinajstić information content (AvgIpc) is 2.59. The maximum Gasteiger partial charge on any atom is 0.272 e. The predicted molar refractivity (Wildman–Crippen MR) is 83.5 cm³/mol. The molecule has 0 unspecified atom stereocenters. The van der Waals surface area contributed by atoms with E-state index in [-0.39, 0.29) is 5.91 Å². The van der Waals surface area contributed by atoms with Crippen molar-refractivity contribution < 1.29 is 14.3 Å². The second-order valence-electron chi connectivity index (χ2n) is 4.45. The largest absolute Gasteiger partial charge is 0.497 e. The first kappa shape index (κ1) is 15.5. The van der Waals surface area contributed by atoms with E-state index in [1.807, 2.05) is 0 Å². The van der Waals surface area contributed by atoms with Crippen molar-refractivity contribution in [2.75, 3.05) is 14.2 Å². The molecule has 114 valence electrons. The van der Waals surface area contributed by atoms with E-state index in [0.29, 0.717) is 22.8 Å². The highest BCUT2D eigenvalue weighted by atomic mass is 16.5. The first-order valence-electron chi connectivity index (χ1n) is 6.62. The van der Waals surface area contributed by atoms with Crippen molar-refractivity contribution in [2.24, 2.45) is 5.10 Å². The monoisotopic (exact) mass is 299 g/mol. The smallest absolute Gasteiger partial charge is 0.272 e. The number of amides is 1. The van der Waals surface area contributed by atoms with Gasteiger partial charge in [-0.25, -0.2) is 5.43 Å². The average molecular weight is 299 g/mol. The van der Waals surface area contributed by atoms with Crippen molar-refractivity contribution in [1.29, 1.82) is 0 Å². The lowest BCUT2D eigenvalue weighted by Crippen LogP contribution is -2.19. The maximum atomic E-state index is 11.9. The molecule has 0 aliphatic carbocycles. The van der Waals surface area contributed by atoms with E-state index in [1.54, 1.807) is 57.7 Å². The SMILES string of the molecule is COc1ccc(OC)c(/C(C)=N/NC(=O)c2cccnc2)c1. The van der Waals surface area contributed by atoms with E-state index < -0.39 is 0 Å². The normalized spacial score (nSPS) is 11.0. The van der Waals surface area contributed by atoms with Gasteiger partial charge in [-0.1, -0.05) is 0 Å². The number of hydrogen-bond donors (Lipinski definition) is 1. The Hall–Kier alpha value is -2.89. The van der Waals surface area contributed by atoms with Crippen molar-refractivity contribution in [3.05, 3.63) is 53.9 Å². The first-order valence-corrected chi connectivity index (χ1v) is 6.62. The summed E-state index contributed by atoms with van der Waals surface area (Å²) in [6.45, 7) is 1.78. The van der Waals surface area contributed by atoms with Gasteiger partial charge in [-0.2, -0.15) is 5.10 Å². The van der Waals surface area contributed by atoms with Crippen LogP contribution in [0.4, 0.5) is 0 Å². The molecule has 22 heavy (non-hydrogen) atoms. The topological polar surface area (TPSA) is 72.8 Å². The molecular formula is C16H17N3O3. The van der Waals surface area contributed by atoms with Crippen LogP contribution in [-0.2, 0) is 0 Å². The highest BCUT2D eigenvalue weighted by molar-refractivity contribution is 6.03. The summed E-state index contributed by atoms with van der Waals surface area (Å²) in [4.78, 5) is 15.8. The molecule has 6 heteroatoms. The van der Waals surface area contributed by atoms with E-state index in [2.05, 4.69) is 15.5 Å². The van der Waals surface area contributed by atoms with Crippen LogP contribution in [0, 0.1) is 0 Å². The quantitative estimate of drug-likeness (QED) is 0.679. The lowest BCUT2D eigenvalue weighted by atomic mass is 10.1. The predicted octanol–water partition coefficient (Wildman–Crippen LogP) is 2.25. The van der Waals surface area contributed by atoms with Gasteiger partial charge < -0.3 is 9.47 Å². The minimum Gasteiger partial charge on any atom is -0.497 e. The summed E-state index contributed by atoms with van der Waals surface area (Å²) in [5.74, 6) is 1.01. The number of hydrogen-bond acceptors (Lipinski definition) is 5. The highest BCUT2D eigenvalue weighted by Gasteiger charge is 2.09. The van der Waals surface area contributed by atoms with Gasteiger partial charge in [0.25, 0.3) is 5.91 Å². The van der Waals surface area contributed by atoms with Crippen LogP contribution >= 0.6 is 0 Å². The molecule has 1 aromatic carbocycles. The highest BCUT2D eigenvalue weighted by Crippen LogP contribution is 2.24. The van der Waals surface area contributed by atoms with Crippen molar-refractivity contribution in [2.45, 2.75) is 6.92 Å². The number of rotatable bonds is 5. The first-order chi connectivity index (χ1) is 10.7. The molecule has 1 heterocycles. The third-order valence-electron chi connectivity index (χ3n) is 3.05. The molecule has 0 atom stereocenters. The summed E-state index contributed by atoms with van der Waals surface area (Å²) in [6, 6.07) is 8.74. The molecule has 0 aliphatic heterocycles. The molecule has 0 spiro atoms. The number of carbonyl (C=O) groups excluding carboxylic acids is 1. The van der Waals surface area contributed by atoms with E-state index in [1.165, 1.54) is 6.20 Å². The fraction of sp³-hybridized carbons (Fsp3) is 0.188. The van der Waals surface area contributed by atoms with Crippen LogP contribution in [0.15, 0.2) is 47.8 Å². The standard InChI is InChI=1S/C16H17N3O3/c1-11(14-9-13(21-2)6-7-15(14)22-3)18-19-16(20)12-5-4-8-17-10-12/h4-10H,1-3H3,(H,19,20)/b18-11+. The molecule has 0 aliphatic rings. The van der Waals surface area contributed by atoms with Crippen LogP contribution in [0.5, 0.6) is 11.5 Å². The van der Waals surface area contributed by atoms with Gasteiger partial charge in [-0.15, -0.1) is 0 Å². The molecule has 1 amide bonds. The lowest BCUT2D eigenvalue weighted by Gasteiger charge is -2.10. The second kappa shape index (κ2) is 7.21. The van der Waals surface area contributed by atoms with Gasteiger partial charge in [-0.05, 0) is 37.3 Å². The molecule has 0 bridgehead atoms. The van der Waals surface area contributed by atoms with Gasteiger partial charge >= 0.3 is 0 Å². The van der Waals surface area contributed by atoms with Crippen LogP contribution < -0.4 is 14.9 Å². The Morgan fingerprint density at radius 2 is 2.05 bits per heavy atom. The fourth-order valence-electron chi connectivity index (χ4n) is 1.85. The van der Waals surface area contributed by atoms with Crippen molar-refractivity contribution in [1.82, 2.24) is 10.4 Å². The second-order valence-corrected chi connectivity index (χ2v) is 4.45. The molecule has 2 aromatic rings. The molecule has 2 rings (SSSR count). The summed E-state index contributed by atoms with van der Waals surface area (Å²) in [5.41, 5.74) is 4.29. The van der Waals surface area contributed by atoms with E-state index in [0.717, 1.165) is 5.56 Å². The number of nitrogens with zero attached hydrogens (tertiary/aromatic N) is 2. The van der Waals surface area contributed by atoms with Crippen LogP contribution in [0.3, 0.4) is 0 Å². The third kappa shape index (κ3) is 3.60. The van der Waals surface area contributed by atoms with Gasteiger partial charge in [0.15, 0.2) is 0 Å². The lowest BCUT2D eigenvalue weighted by molar-refractivity contribution is 0.0954. The number of methoxy groups -OCH3 is 2. The Morgan fingerprint density at radius 3 is 2.68 bits per heavy atom. The molecule has 0 radical (unpaired) electrons. The maximum absolute atomic E-state index is 11.9. The number of pyridine rings is 1. The van der Waals surface area contributed by atoms with E-state index >= 15 is 0 Å². The van der Waals surface area contributed by atoms with Crippen molar-refractivity contribution >= 4 is 11.6 Å². The van der Waals surface area contributed by atoms with Crippen LogP contribution in [0.2, 0.25) is 0 Å². The minimum absolute atomic E-state index is 0.325. The molecular weight excluding hydrogens is 282 g/mol. The number of carbonyl (C=O) groups is 1. The summed E-state index contributed by atoms with van der Waals surface area (Å²) in [5, 5.41) is 4.11. The molecule has 0 fully saturated rings. The van der Waals surface area contributed by atoms with Crippen molar-refractivity contribution in [3.63, 3.8) is 0 Å². The summed E-state index contributed by atoms with van der Waals surface area (Å²) < 4.78 is 10.5. The molecule has 0 saturated carbocycles. The minimum atomic E-state index is -0.325. The summed E-state index contributed by atoms with van der Waals surface area (Å²) in [7, 11) is 3.16. The Labute approximate surface area is 128 Å². The number of hydrazone groups is 1. The number of nitrogens with one attached hydrogen (secondary N) is 1. The van der Waals surface area contributed by atoms with Gasteiger partial charge in [0.2, 0.25) is 0 Å². The fourth-order valence-corrected chi connectivity index (χ4v) is 1.85. The molecule has 0 saturated heterocycles. The Kier molecular flexibility index (Phi) is 5.08. The van der Waals surface area contributed by atoms with Gasteiger partial charge in [0.05, 0.1) is 25.5 Å². The summed E-state index contributed by atoms with van der Waals surface area (Å²) >= 11 is 0. The van der Waals surface area contributed by atoms with E-state index in [9.17, 15) is 4.79 Å². The number of benzene rings is 1. The zero-order chi connectivity index (χ0) is 15.9. The molecule has 1 N–H and O–H groups in total. The van der Waals surface area contributed by atoms with E-state index in [4.69, 9.17) is 9.47 Å². The van der Waals surface area contributed by atoms with Gasteiger partial charge in [-0.3, -0.25) is 9.78 Å². The van der Waals surface area contributed by atoms with Crippen molar-refractivity contribution in [3.8, 4) is 11.5 Å². The zero-order valence-electron chi connectivity index (χ0n) is 12.7. The van der Waals surface area contributed by atoms with Crippen LogP contribution in [0.25, 0.3) is 0 Å². The third-order valence-corrected chi connectivity index (χ3v) is 3.05. The van der Waals surface area contributed by atoms with Crippen LogP contribution in [-0.4, -0.2) is 30.8 Å². The number of aromatic nitrogens is 1. The number of ether oxygens (including phenoxy) is 2. The van der Waals surface area contributed by atoms with Gasteiger partial charge in [0, 0.05) is 18.0 Å². The summed E-state index contributed by atoms with van der Waals surface area (Å²) in [6.07, 6.45) is 3.08.